The molecule has 0 aromatic carbocycles. The predicted molar refractivity (Wildman–Crippen MR) is 75.2 cm³/mol. The second-order valence-corrected chi connectivity index (χ2v) is 7.17. The van der Waals surface area contributed by atoms with Crippen molar-refractivity contribution in [1.29, 1.82) is 0 Å². The van der Waals surface area contributed by atoms with Gasteiger partial charge in [-0.15, -0.1) is 0 Å². The van der Waals surface area contributed by atoms with Crippen molar-refractivity contribution in [2.24, 2.45) is 0 Å². The van der Waals surface area contributed by atoms with Crippen molar-refractivity contribution in [3.05, 3.63) is 0 Å². The van der Waals surface area contributed by atoms with Crippen LogP contribution in [-0.2, 0) is 22.8 Å². The van der Waals surface area contributed by atoms with E-state index in [1.54, 1.807) is 0 Å². The van der Waals surface area contributed by atoms with Gasteiger partial charge >= 0.3 is 8.80 Å². The molecular formula is C13H28O5Si. The van der Waals surface area contributed by atoms with Crippen molar-refractivity contribution in [2.45, 2.75) is 45.8 Å². The van der Waals surface area contributed by atoms with Crippen LogP contribution in [-0.4, -0.2) is 54.5 Å². The third kappa shape index (κ3) is 6.33. The van der Waals surface area contributed by atoms with Crippen molar-refractivity contribution in [2.75, 3.05) is 39.6 Å². The molecule has 0 amide bonds. The lowest BCUT2D eigenvalue weighted by atomic mass is 10.2. The Bertz CT molecular complexity index is 204. The fraction of sp³-hybridized carbons (Fsp3) is 1.00. The molecule has 6 heteroatoms. The lowest BCUT2D eigenvalue weighted by Crippen LogP contribution is -2.47. The van der Waals surface area contributed by atoms with Crippen molar-refractivity contribution in [3.8, 4) is 0 Å². The summed E-state index contributed by atoms with van der Waals surface area (Å²) in [5.74, 6) is 0. The highest BCUT2D eigenvalue weighted by atomic mass is 28.4. The highest BCUT2D eigenvalue weighted by Crippen LogP contribution is 2.17. The van der Waals surface area contributed by atoms with Crippen LogP contribution in [0.1, 0.15) is 33.6 Å². The van der Waals surface area contributed by atoms with Gasteiger partial charge in [-0.3, -0.25) is 0 Å². The van der Waals surface area contributed by atoms with Crippen LogP contribution >= 0.6 is 0 Å². The number of ether oxygens (including phenoxy) is 2. The van der Waals surface area contributed by atoms with Gasteiger partial charge in [-0.1, -0.05) is 0 Å². The fourth-order valence-electron chi connectivity index (χ4n) is 2.19. The number of hydrogen-bond donors (Lipinski definition) is 0. The first kappa shape index (κ1) is 17.1. The Hall–Kier alpha value is 0.0169. The first-order chi connectivity index (χ1) is 9.26. The van der Waals surface area contributed by atoms with Crippen molar-refractivity contribution >= 4 is 8.80 Å². The highest BCUT2D eigenvalue weighted by Gasteiger charge is 2.40. The van der Waals surface area contributed by atoms with Gasteiger partial charge in [0.15, 0.2) is 0 Å². The zero-order valence-corrected chi connectivity index (χ0v) is 13.5. The number of rotatable bonds is 11. The molecule has 1 atom stereocenters. The molecule has 0 spiro atoms. The third-order valence-corrected chi connectivity index (χ3v) is 5.98. The normalized spacial score (nSPS) is 20.1. The molecule has 0 N–H and O–H groups in total. The van der Waals surface area contributed by atoms with Gasteiger partial charge in [0.05, 0.1) is 19.3 Å². The Labute approximate surface area is 117 Å². The first-order valence-corrected chi connectivity index (χ1v) is 9.30. The summed E-state index contributed by atoms with van der Waals surface area (Å²) in [6, 6.07) is 0.704. The Balaban J connectivity index is 2.28. The summed E-state index contributed by atoms with van der Waals surface area (Å²) in [5.41, 5.74) is 0. The maximum Gasteiger partial charge on any atom is 0.503 e. The van der Waals surface area contributed by atoms with E-state index in [1.165, 1.54) is 0 Å². The maximum absolute atomic E-state index is 5.77. The van der Waals surface area contributed by atoms with Crippen LogP contribution in [0, 0.1) is 0 Å². The van der Waals surface area contributed by atoms with E-state index in [4.69, 9.17) is 22.8 Å². The van der Waals surface area contributed by atoms with E-state index in [1.807, 2.05) is 20.8 Å². The Morgan fingerprint density at radius 2 is 1.68 bits per heavy atom. The van der Waals surface area contributed by atoms with Crippen LogP contribution in [0.3, 0.4) is 0 Å². The Morgan fingerprint density at radius 1 is 1.05 bits per heavy atom. The van der Waals surface area contributed by atoms with Crippen molar-refractivity contribution < 1.29 is 22.8 Å². The quantitative estimate of drug-likeness (QED) is 0.432. The summed E-state index contributed by atoms with van der Waals surface area (Å²) in [5, 5.41) is 0. The summed E-state index contributed by atoms with van der Waals surface area (Å²) in [6.07, 6.45) is 2.51. The minimum Gasteiger partial charge on any atom is -0.379 e. The van der Waals surface area contributed by atoms with Gasteiger partial charge in [0.25, 0.3) is 0 Å². The molecule has 1 saturated heterocycles. The molecular weight excluding hydrogens is 264 g/mol. The molecule has 19 heavy (non-hydrogen) atoms. The molecule has 0 aromatic heterocycles. The maximum atomic E-state index is 5.77. The topological polar surface area (TPSA) is 46.2 Å². The summed E-state index contributed by atoms with van der Waals surface area (Å²) < 4.78 is 28.5. The smallest absolute Gasteiger partial charge is 0.379 e. The molecule has 0 aromatic rings. The fourth-order valence-corrected chi connectivity index (χ4v) is 4.59. The van der Waals surface area contributed by atoms with Crippen molar-refractivity contribution in [1.82, 2.24) is 0 Å². The minimum absolute atomic E-state index is 0.266. The molecule has 0 bridgehead atoms. The molecule has 114 valence electrons. The third-order valence-electron chi connectivity index (χ3n) is 2.97. The van der Waals surface area contributed by atoms with E-state index in [0.29, 0.717) is 39.1 Å². The molecule has 1 rings (SSSR count). The highest BCUT2D eigenvalue weighted by molar-refractivity contribution is 6.60. The summed E-state index contributed by atoms with van der Waals surface area (Å²) in [6.45, 7) is 9.85. The zero-order valence-electron chi connectivity index (χ0n) is 12.5. The second kappa shape index (κ2) is 9.85. The molecule has 0 radical (unpaired) electrons. The lowest BCUT2D eigenvalue weighted by molar-refractivity contribution is 0.0124. The SMILES string of the molecule is CCO[Si](CCOCC1CCCO1)(OCC)OCC. The van der Waals surface area contributed by atoms with Crippen LogP contribution in [0.4, 0.5) is 0 Å². The van der Waals surface area contributed by atoms with Gasteiger partial charge in [0.2, 0.25) is 0 Å². The molecule has 0 aliphatic carbocycles. The Kier molecular flexibility index (Phi) is 8.85. The minimum atomic E-state index is -2.54. The number of hydrogen-bond acceptors (Lipinski definition) is 5. The molecule has 1 fully saturated rings. The molecule has 1 aliphatic heterocycles. The van der Waals surface area contributed by atoms with E-state index < -0.39 is 8.80 Å². The second-order valence-electron chi connectivity index (χ2n) is 4.44. The van der Waals surface area contributed by atoms with Crippen LogP contribution in [0.15, 0.2) is 0 Å². The van der Waals surface area contributed by atoms with Gasteiger partial charge in [-0.25, -0.2) is 0 Å². The monoisotopic (exact) mass is 292 g/mol. The zero-order chi connectivity index (χ0) is 14.0. The summed E-state index contributed by atoms with van der Waals surface area (Å²) in [4.78, 5) is 0. The van der Waals surface area contributed by atoms with Crippen LogP contribution in [0.25, 0.3) is 0 Å². The van der Waals surface area contributed by atoms with Gasteiger partial charge in [0.1, 0.15) is 0 Å². The largest absolute Gasteiger partial charge is 0.503 e. The van der Waals surface area contributed by atoms with Crippen LogP contribution in [0.5, 0.6) is 0 Å². The summed E-state index contributed by atoms with van der Waals surface area (Å²) in [7, 11) is -2.54. The lowest BCUT2D eigenvalue weighted by Gasteiger charge is -2.28. The molecule has 5 nitrogen and oxygen atoms in total. The van der Waals surface area contributed by atoms with Gasteiger partial charge in [-0.2, -0.15) is 0 Å². The standard InChI is InChI=1S/C13H28O5Si/c1-4-16-19(17-5-2,18-6-3)11-10-14-12-13-8-7-9-15-13/h13H,4-12H2,1-3H3. The van der Waals surface area contributed by atoms with Gasteiger partial charge in [0, 0.05) is 32.5 Å². The van der Waals surface area contributed by atoms with Gasteiger partial charge in [-0.05, 0) is 33.6 Å². The van der Waals surface area contributed by atoms with E-state index in [9.17, 15) is 0 Å². The Morgan fingerprint density at radius 3 is 2.16 bits per heavy atom. The molecule has 1 unspecified atom stereocenters. The average molecular weight is 292 g/mol. The van der Waals surface area contributed by atoms with E-state index in [0.717, 1.165) is 19.4 Å². The first-order valence-electron chi connectivity index (χ1n) is 7.37. The molecule has 1 heterocycles. The van der Waals surface area contributed by atoms with E-state index in [-0.39, 0.29) is 6.10 Å². The summed E-state index contributed by atoms with van der Waals surface area (Å²) >= 11 is 0. The molecule has 0 saturated carbocycles. The van der Waals surface area contributed by atoms with E-state index >= 15 is 0 Å². The van der Waals surface area contributed by atoms with E-state index in [2.05, 4.69) is 0 Å². The van der Waals surface area contributed by atoms with Gasteiger partial charge < -0.3 is 22.8 Å². The average Bonchev–Trinajstić information content (AvgIpc) is 2.89. The van der Waals surface area contributed by atoms with Crippen LogP contribution in [0.2, 0.25) is 6.04 Å². The van der Waals surface area contributed by atoms with Crippen molar-refractivity contribution in [3.63, 3.8) is 0 Å². The predicted octanol–water partition coefficient (Wildman–Crippen LogP) is 2.23. The van der Waals surface area contributed by atoms with Crippen LogP contribution < -0.4 is 0 Å². The molecule has 1 aliphatic rings.